The Kier molecular flexibility index (Phi) is 7.41. The number of hydrogen-bond donors (Lipinski definition) is 1. The van der Waals surface area contributed by atoms with E-state index >= 15 is 0 Å². The molecule has 192 valence electrons. The number of halogens is 1. The Morgan fingerprint density at radius 3 is 2.38 bits per heavy atom. The molecule has 7 nitrogen and oxygen atoms in total. The van der Waals surface area contributed by atoms with Gasteiger partial charge in [-0.05, 0) is 53.9 Å². The highest BCUT2D eigenvalue weighted by Crippen LogP contribution is 2.32. The third-order valence-corrected chi connectivity index (χ3v) is 7.86. The van der Waals surface area contributed by atoms with E-state index in [1.165, 1.54) is 23.0 Å². The Labute approximate surface area is 219 Å². The summed E-state index contributed by atoms with van der Waals surface area (Å²) in [4.78, 5) is 22.3. The number of aromatic nitrogens is 1. The number of thiazole rings is 1. The van der Waals surface area contributed by atoms with Crippen LogP contribution < -0.4 is 20.3 Å². The van der Waals surface area contributed by atoms with Crippen molar-refractivity contribution in [2.75, 3.05) is 49.6 Å². The van der Waals surface area contributed by atoms with E-state index in [4.69, 9.17) is 15.5 Å². The number of primary amides is 1. The van der Waals surface area contributed by atoms with E-state index in [1.807, 2.05) is 18.2 Å². The molecular formula is C28H30FN5O2S. The van der Waals surface area contributed by atoms with Crippen molar-refractivity contribution in [2.24, 2.45) is 5.73 Å². The van der Waals surface area contributed by atoms with Gasteiger partial charge in [-0.25, -0.2) is 14.2 Å². The quantitative estimate of drug-likeness (QED) is 0.359. The molecular weight excluding hydrogens is 489 g/mol. The summed E-state index contributed by atoms with van der Waals surface area (Å²) in [5.41, 5.74) is 9.56. The van der Waals surface area contributed by atoms with E-state index in [1.54, 1.807) is 18.1 Å². The summed E-state index contributed by atoms with van der Waals surface area (Å²) < 4.78 is 20.3. The van der Waals surface area contributed by atoms with Crippen molar-refractivity contribution in [3.63, 3.8) is 0 Å². The molecule has 2 heterocycles. The van der Waals surface area contributed by atoms with Crippen LogP contribution in [0.1, 0.15) is 11.1 Å². The molecule has 4 aromatic rings. The van der Waals surface area contributed by atoms with Crippen molar-refractivity contribution >= 4 is 38.4 Å². The van der Waals surface area contributed by atoms with Crippen LogP contribution in [-0.2, 0) is 13.0 Å². The Morgan fingerprint density at radius 1 is 1.03 bits per heavy atom. The largest absolute Gasteiger partial charge is 0.497 e. The predicted octanol–water partition coefficient (Wildman–Crippen LogP) is 4.89. The monoisotopic (exact) mass is 519 g/mol. The minimum atomic E-state index is -0.362. The summed E-state index contributed by atoms with van der Waals surface area (Å²) in [5.74, 6) is 0.593. The zero-order chi connectivity index (χ0) is 25.8. The molecule has 0 bridgehead atoms. The number of fused-ring (bicyclic) bond motifs is 1. The fourth-order valence-electron chi connectivity index (χ4n) is 4.56. The van der Waals surface area contributed by atoms with Crippen molar-refractivity contribution in [2.45, 2.75) is 13.0 Å². The van der Waals surface area contributed by atoms with Crippen LogP contribution in [0, 0.1) is 5.82 Å². The lowest BCUT2D eigenvalue weighted by molar-refractivity contribution is 0.204. The fourth-order valence-corrected chi connectivity index (χ4v) is 5.55. The first-order valence-electron chi connectivity index (χ1n) is 12.3. The van der Waals surface area contributed by atoms with Gasteiger partial charge in [-0.15, -0.1) is 0 Å². The number of piperazine rings is 1. The molecule has 37 heavy (non-hydrogen) atoms. The van der Waals surface area contributed by atoms with Gasteiger partial charge < -0.3 is 25.2 Å². The SMILES string of the molecule is COc1ccc(CCN(Cc2ccc(N3CCN(C(N)=O)CC3)cc2)c2nc3cccc(F)c3s2)cc1. The Hall–Kier alpha value is -3.85. The molecule has 2 N–H and O–H groups in total. The maximum Gasteiger partial charge on any atom is 0.314 e. The number of urea groups is 1. The first-order valence-corrected chi connectivity index (χ1v) is 13.1. The second-order valence-corrected chi connectivity index (χ2v) is 10.1. The lowest BCUT2D eigenvalue weighted by Crippen LogP contribution is -2.50. The summed E-state index contributed by atoms with van der Waals surface area (Å²) in [6, 6.07) is 21.2. The van der Waals surface area contributed by atoms with Crippen molar-refractivity contribution in [3.05, 3.63) is 83.7 Å². The van der Waals surface area contributed by atoms with E-state index in [-0.39, 0.29) is 11.8 Å². The molecule has 0 spiro atoms. The standard InChI is InChI=1S/C28H30FN5O2S/c1-36-23-11-7-20(8-12-23)13-14-34(28-31-25-4-2-3-24(29)26(25)37-28)19-21-5-9-22(10-6-21)32-15-17-33(18-16-32)27(30)35/h2-12H,13-19H2,1H3,(H2,30,35). The summed E-state index contributed by atoms with van der Waals surface area (Å²) >= 11 is 1.39. The molecule has 9 heteroatoms. The number of methoxy groups -OCH3 is 1. The van der Waals surface area contributed by atoms with Gasteiger partial charge in [-0.1, -0.05) is 41.7 Å². The van der Waals surface area contributed by atoms with E-state index in [2.05, 4.69) is 46.2 Å². The van der Waals surface area contributed by atoms with Gasteiger partial charge in [-0.2, -0.15) is 0 Å². The van der Waals surface area contributed by atoms with Crippen LogP contribution in [0.2, 0.25) is 0 Å². The van der Waals surface area contributed by atoms with E-state index in [0.717, 1.165) is 48.2 Å². The van der Waals surface area contributed by atoms with Gasteiger partial charge in [0.25, 0.3) is 0 Å². The van der Waals surface area contributed by atoms with Crippen LogP contribution in [-0.4, -0.2) is 55.7 Å². The number of ether oxygens (including phenoxy) is 1. The van der Waals surface area contributed by atoms with Gasteiger partial charge in [0.1, 0.15) is 11.6 Å². The molecule has 1 aliphatic heterocycles. The first-order chi connectivity index (χ1) is 18.0. The molecule has 0 unspecified atom stereocenters. The smallest absolute Gasteiger partial charge is 0.314 e. The number of hydrogen-bond acceptors (Lipinski definition) is 6. The molecule has 0 atom stereocenters. The lowest BCUT2D eigenvalue weighted by atomic mass is 10.1. The Morgan fingerprint density at radius 2 is 1.73 bits per heavy atom. The highest BCUT2D eigenvalue weighted by molar-refractivity contribution is 7.22. The van der Waals surface area contributed by atoms with Gasteiger partial charge in [0.15, 0.2) is 5.13 Å². The average molecular weight is 520 g/mol. The first kappa shape index (κ1) is 24.8. The molecule has 1 fully saturated rings. The molecule has 1 aliphatic rings. The summed E-state index contributed by atoms with van der Waals surface area (Å²) in [5, 5.41) is 0.806. The average Bonchev–Trinajstić information content (AvgIpc) is 3.37. The topological polar surface area (TPSA) is 74.9 Å². The molecule has 1 saturated heterocycles. The van der Waals surface area contributed by atoms with Crippen LogP contribution in [0.3, 0.4) is 0 Å². The van der Waals surface area contributed by atoms with Crippen molar-refractivity contribution in [3.8, 4) is 5.75 Å². The second-order valence-electron chi connectivity index (χ2n) is 9.08. The molecule has 1 aromatic heterocycles. The van der Waals surface area contributed by atoms with Crippen LogP contribution >= 0.6 is 11.3 Å². The van der Waals surface area contributed by atoms with Crippen LogP contribution in [0.5, 0.6) is 5.75 Å². The maximum atomic E-state index is 14.4. The number of amides is 2. The van der Waals surface area contributed by atoms with Crippen LogP contribution in [0.25, 0.3) is 10.2 Å². The minimum absolute atomic E-state index is 0.239. The number of rotatable bonds is 8. The molecule has 0 aliphatic carbocycles. The lowest BCUT2D eigenvalue weighted by Gasteiger charge is -2.35. The van der Waals surface area contributed by atoms with Gasteiger partial charge in [0.05, 0.1) is 17.3 Å². The third-order valence-electron chi connectivity index (χ3n) is 6.72. The van der Waals surface area contributed by atoms with Crippen LogP contribution in [0.4, 0.5) is 20.0 Å². The molecule has 3 aromatic carbocycles. The van der Waals surface area contributed by atoms with Gasteiger partial charge in [0, 0.05) is 45.0 Å². The number of nitrogens with two attached hydrogens (primary N) is 1. The Balaban J connectivity index is 1.32. The number of benzene rings is 3. The summed E-state index contributed by atoms with van der Waals surface area (Å²) in [6.45, 7) is 4.17. The number of nitrogens with zero attached hydrogens (tertiary/aromatic N) is 4. The zero-order valence-electron chi connectivity index (χ0n) is 20.8. The zero-order valence-corrected chi connectivity index (χ0v) is 21.6. The van der Waals surface area contributed by atoms with Gasteiger partial charge in [0.2, 0.25) is 0 Å². The number of carbonyl (C=O) groups is 1. The Bertz CT molecular complexity index is 1350. The summed E-state index contributed by atoms with van der Waals surface area (Å²) in [7, 11) is 1.66. The number of anilines is 2. The van der Waals surface area contributed by atoms with Gasteiger partial charge >= 0.3 is 6.03 Å². The van der Waals surface area contributed by atoms with E-state index in [0.29, 0.717) is 29.9 Å². The molecule has 0 saturated carbocycles. The third kappa shape index (κ3) is 5.77. The number of carbonyl (C=O) groups excluding carboxylic acids is 1. The van der Waals surface area contributed by atoms with Crippen molar-refractivity contribution in [1.29, 1.82) is 0 Å². The predicted molar refractivity (Wildman–Crippen MR) is 147 cm³/mol. The van der Waals surface area contributed by atoms with Gasteiger partial charge in [-0.3, -0.25) is 0 Å². The molecule has 5 rings (SSSR count). The maximum absolute atomic E-state index is 14.4. The van der Waals surface area contributed by atoms with E-state index in [9.17, 15) is 9.18 Å². The van der Waals surface area contributed by atoms with E-state index < -0.39 is 0 Å². The second kappa shape index (κ2) is 11.0. The van der Waals surface area contributed by atoms with Crippen molar-refractivity contribution in [1.82, 2.24) is 9.88 Å². The molecule has 0 radical (unpaired) electrons. The molecule has 2 amide bonds. The highest BCUT2D eigenvalue weighted by atomic mass is 32.1. The minimum Gasteiger partial charge on any atom is -0.497 e. The highest BCUT2D eigenvalue weighted by Gasteiger charge is 2.20. The summed E-state index contributed by atoms with van der Waals surface area (Å²) in [6.07, 6.45) is 0.824. The normalized spacial score (nSPS) is 13.7. The van der Waals surface area contributed by atoms with Crippen molar-refractivity contribution < 1.29 is 13.9 Å². The van der Waals surface area contributed by atoms with Crippen LogP contribution in [0.15, 0.2) is 66.7 Å². The fraction of sp³-hybridized carbons (Fsp3) is 0.286.